The van der Waals surface area contributed by atoms with Crippen LogP contribution in [0.1, 0.15) is 65.2 Å². The molecule has 2 rings (SSSR count). The average molecular weight is 330 g/mol. The van der Waals surface area contributed by atoms with E-state index < -0.39 is 0 Å². The van der Waals surface area contributed by atoms with Gasteiger partial charge in [-0.25, -0.2) is 0 Å². The van der Waals surface area contributed by atoms with E-state index in [1.54, 1.807) is 14.0 Å². The van der Waals surface area contributed by atoms with Gasteiger partial charge in [0.2, 0.25) is 5.91 Å². The molecule has 1 fully saturated rings. The molecule has 0 aliphatic heterocycles. The first-order valence-corrected chi connectivity index (χ1v) is 8.92. The average Bonchev–Trinajstić information content (AvgIpc) is 2.53. The molecule has 1 amide bonds. The topological polar surface area (TPSA) is 58.2 Å². The van der Waals surface area contributed by atoms with Gasteiger partial charge in [-0.05, 0) is 62.8 Å². The second-order valence-electron chi connectivity index (χ2n) is 7.04. The Hall–Kier alpha value is -1.68. The Balaban J connectivity index is 2.20. The van der Waals surface area contributed by atoms with Gasteiger partial charge in [-0.2, -0.15) is 0 Å². The number of Topliss-reactive ketones (excluding diaryl/α,β-unsaturated/α-hetero) is 1. The van der Waals surface area contributed by atoms with Crippen LogP contribution in [0.3, 0.4) is 0 Å². The molecule has 1 aromatic carbocycles. The van der Waals surface area contributed by atoms with E-state index in [0.717, 1.165) is 42.4 Å². The SMILES string of the molecule is CNC(=O)C1CCCCC1NCc1c(C)cc(C)c(C(C)=O)c1C. The zero-order valence-corrected chi connectivity index (χ0v) is 15.6. The van der Waals surface area contributed by atoms with Gasteiger partial charge < -0.3 is 10.6 Å². The Labute approximate surface area is 145 Å². The van der Waals surface area contributed by atoms with Crippen molar-refractivity contribution < 1.29 is 9.59 Å². The van der Waals surface area contributed by atoms with E-state index in [0.29, 0.717) is 6.54 Å². The van der Waals surface area contributed by atoms with Gasteiger partial charge in [0.25, 0.3) is 0 Å². The van der Waals surface area contributed by atoms with Gasteiger partial charge in [0, 0.05) is 25.2 Å². The van der Waals surface area contributed by atoms with Crippen LogP contribution in [-0.2, 0) is 11.3 Å². The van der Waals surface area contributed by atoms with Crippen molar-refractivity contribution >= 4 is 11.7 Å². The zero-order valence-electron chi connectivity index (χ0n) is 15.6. The molecule has 4 nitrogen and oxygen atoms in total. The first-order chi connectivity index (χ1) is 11.4. The fourth-order valence-electron chi connectivity index (χ4n) is 4.15. The van der Waals surface area contributed by atoms with Crippen molar-refractivity contribution in [3.05, 3.63) is 33.9 Å². The van der Waals surface area contributed by atoms with E-state index in [-0.39, 0.29) is 23.7 Å². The molecule has 0 bridgehead atoms. The van der Waals surface area contributed by atoms with Crippen molar-refractivity contribution in [1.29, 1.82) is 0 Å². The Kier molecular flexibility index (Phi) is 6.16. The summed E-state index contributed by atoms with van der Waals surface area (Å²) < 4.78 is 0. The van der Waals surface area contributed by atoms with E-state index >= 15 is 0 Å². The number of hydrogen-bond donors (Lipinski definition) is 2. The Morgan fingerprint density at radius 2 is 1.79 bits per heavy atom. The van der Waals surface area contributed by atoms with Crippen molar-refractivity contribution in [3.63, 3.8) is 0 Å². The molecule has 4 heteroatoms. The lowest BCUT2D eigenvalue weighted by molar-refractivity contribution is -0.126. The van der Waals surface area contributed by atoms with Gasteiger partial charge in [-0.15, -0.1) is 0 Å². The van der Waals surface area contributed by atoms with Crippen LogP contribution in [0.4, 0.5) is 0 Å². The minimum absolute atomic E-state index is 0.0436. The molecule has 0 heterocycles. The first-order valence-electron chi connectivity index (χ1n) is 8.92. The summed E-state index contributed by atoms with van der Waals surface area (Å²) in [6, 6.07) is 2.30. The number of benzene rings is 1. The molecule has 2 unspecified atom stereocenters. The maximum atomic E-state index is 12.1. The first kappa shape index (κ1) is 18.7. The number of carbonyl (C=O) groups excluding carboxylic acids is 2. The third-order valence-electron chi connectivity index (χ3n) is 5.37. The van der Waals surface area contributed by atoms with Crippen LogP contribution < -0.4 is 10.6 Å². The van der Waals surface area contributed by atoms with Gasteiger partial charge in [-0.1, -0.05) is 18.9 Å². The molecule has 2 atom stereocenters. The van der Waals surface area contributed by atoms with E-state index in [1.807, 2.05) is 13.8 Å². The van der Waals surface area contributed by atoms with Crippen LogP contribution in [0.25, 0.3) is 0 Å². The van der Waals surface area contributed by atoms with E-state index in [2.05, 4.69) is 23.6 Å². The van der Waals surface area contributed by atoms with Gasteiger partial charge in [0.05, 0.1) is 5.92 Å². The summed E-state index contributed by atoms with van der Waals surface area (Å²) in [6.07, 6.45) is 4.26. The number of amides is 1. The van der Waals surface area contributed by atoms with Crippen molar-refractivity contribution in [2.24, 2.45) is 5.92 Å². The highest BCUT2D eigenvalue weighted by atomic mass is 16.1. The molecule has 1 saturated carbocycles. The number of rotatable bonds is 5. The summed E-state index contributed by atoms with van der Waals surface area (Å²) in [5.74, 6) is 0.295. The van der Waals surface area contributed by atoms with Gasteiger partial charge in [-0.3, -0.25) is 9.59 Å². The molecule has 24 heavy (non-hydrogen) atoms. The quantitative estimate of drug-likeness (QED) is 0.815. The highest BCUT2D eigenvalue weighted by Crippen LogP contribution is 2.27. The fourth-order valence-corrected chi connectivity index (χ4v) is 4.15. The summed E-state index contributed by atoms with van der Waals surface area (Å²) in [7, 11) is 1.71. The van der Waals surface area contributed by atoms with Crippen molar-refractivity contribution in [1.82, 2.24) is 10.6 Å². The summed E-state index contributed by atoms with van der Waals surface area (Å²) >= 11 is 0. The highest BCUT2D eigenvalue weighted by Gasteiger charge is 2.30. The third-order valence-corrected chi connectivity index (χ3v) is 5.37. The normalized spacial score (nSPS) is 20.7. The molecular weight excluding hydrogens is 300 g/mol. The van der Waals surface area contributed by atoms with Crippen LogP contribution in [-0.4, -0.2) is 24.8 Å². The minimum Gasteiger partial charge on any atom is -0.359 e. The molecule has 0 aromatic heterocycles. The number of carbonyl (C=O) groups is 2. The van der Waals surface area contributed by atoms with E-state index in [9.17, 15) is 9.59 Å². The lowest BCUT2D eigenvalue weighted by atomic mass is 9.83. The van der Waals surface area contributed by atoms with Crippen LogP contribution in [0.15, 0.2) is 6.07 Å². The van der Waals surface area contributed by atoms with Gasteiger partial charge >= 0.3 is 0 Å². The maximum Gasteiger partial charge on any atom is 0.224 e. The van der Waals surface area contributed by atoms with Crippen molar-refractivity contribution in [2.75, 3.05) is 7.05 Å². The molecule has 1 aliphatic rings. The largest absolute Gasteiger partial charge is 0.359 e. The Morgan fingerprint density at radius 1 is 1.12 bits per heavy atom. The lowest BCUT2D eigenvalue weighted by Crippen LogP contribution is -2.45. The molecule has 1 aromatic rings. The lowest BCUT2D eigenvalue weighted by Gasteiger charge is -2.31. The van der Waals surface area contributed by atoms with Crippen LogP contribution >= 0.6 is 0 Å². The van der Waals surface area contributed by atoms with E-state index in [4.69, 9.17) is 0 Å². The smallest absolute Gasteiger partial charge is 0.224 e. The monoisotopic (exact) mass is 330 g/mol. The summed E-state index contributed by atoms with van der Waals surface area (Å²) in [6.45, 7) is 8.46. The maximum absolute atomic E-state index is 12.1. The number of aryl methyl sites for hydroxylation is 2. The molecule has 0 spiro atoms. The molecule has 1 aliphatic carbocycles. The number of nitrogens with one attached hydrogen (secondary N) is 2. The minimum atomic E-state index is 0.0436. The van der Waals surface area contributed by atoms with Crippen molar-refractivity contribution in [2.45, 2.75) is 66.0 Å². The van der Waals surface area contributed by atoms with Gasteiger partial charge in [0.1, 0.15) is 0 Å². The number of hydrogen-bond acceptors (Lipinski definition) is 3. The summed E-state index contributed by atoms with van der Waals surface area (Å²) in [5.41, 5.74) is 5.34. The predicted octanol–water partition coefficient (Wildman–Crippen LogP) is 3.21. The van der Waals surface area contributed by atoms with Gasteiger partial charge in [0.15, 0.2) is 5.78 Å². The Bertz CT molecular complexity index is 637. The molecule has 2 N–H and O–H groups in total. The molecule has 132 valence electrons. The molecular formula is C20H30N2O2. The summed E-state index contributed by atoms with van der Waals surface area (Å²) in [4.78, 5) is 24.1. The third kappa shape index (κ3) is 3.86. The van der Waals surface area contributed by atoms with Crippen LogP contribution in [0.5, 0.6) is 0 Å². The number of ketones is 1. The predicted molar refractivity (Wildman–Crippen MR) is 97.3 cm³/mol. The van der Waals surface area contributed by atoms with Crippen LogP contribution in [0.2, 0.25) is 0 Å². The fraction of sp³-hybridized carbons (Fsp3) is 0.600. The second kappa shape index (κ2) is 7.93. The van der Waals surface area contributed by atoms with Crippen LogP contribution in [0, 0.1) is 26.7 Å². The van der Waals surface area contributed by atoms with Crippen molar-refractivity contribution in [3.8, 4) is 0 Å². The van der Waals surface area contributed by atoms with E-state index in [1.165, 1.54) is 11.1 Å². The molecule has 0 saturated heterocycles. The second-order valence-corrected chi connectivity index (χ2v) is 7.04. The summed E-state index contributed by atoms with van der Waals surface area (Å²) in [5, 5.41) is 6.39. The highest BCUT2D eigenvalue weighted by molar-refractivity contribution is 5.97. The zero-order chi connectivity index (χ0) is 17.9. The standard InChI is InChI=1S/C20H30N2O2/c1-12-10-13(2)19(15(4)23)14(3)17(12)11-22-18-9-7-6-8-16(18)20(24)21-5/h10,16,18,22H,6-9,11H2,1-5H3,(H,21,24). The molecule has 0 radical (unpaired) electrons. The Morgan fingerprint density at radius 3 is 2.42 bits per heavy atom.